The number of rotatable bonds is 4. The van der Waals surface area contributed by atoms with Gasteiger partial charge >= 0.3 is 0 Å². The lowest BCUT2D eigenvalue weighted by Crippen LogP contribution is -2.17. The highest BCUT2D eigenvalue weighted by Gasteiger charge is 2.03. The molecule has 2 heterocycles. The molecular formula is C12H15N3. The lowest BCUT2D eigenvalue weighted by molar-refractivity contribution is 0.574. The van der Waals surface area contributed by atoms with E-state index in [-0.39, 0.29) is 0 Å². The Bertz CT molecular complexity index is 381. The molecule has 3 heteroatoms. The van der Waals surface area contributed by atoms with E-state index in [9.17, 15) is 0 Å². The highest BCUT2D eigenvalue weighted by Crippen LogP contribution is 2.10. The van der Waals surface area contributed by atoms with E-state index in [0.717, 1.165) is 6.54 Å². The van der Waals surface area contributed by atoms with Gasteiger partial charge in [-0.2, -0.15) is 0 Å². The maximum Gasteiger partial charge on any atom is 0.0296 e. The highest BCUT2D eigenvalue weighted by atomic mass is 14.9. The monoisotopic (exact) mass is 201 g/mol. The summed E-state index contributed by atoms with van der Waals surface area (Å²) in [5.41, 5.74) is 2.54. The second kappa shape index (κ2) is 4.75. The summed E-state index contributed by atoms with van der Waals surface area (Å²) in [6.07, 6.45) is 7.59. The smallest absolute Gasteiger partial charge is 0.0296 e. The van der Waals surface area contributed by atoms with Crippen LogP contribution in [0.4, 0.5) is 0 Å². The molecule has 0 bridgehead atoms. The summed E-state index contributed by atoms with van der Waals surface area (Å²) in [4.78, 5) is 7.05. The fourth-order valence-corrected chi connectivity index (χ4v) is 1.51. The van der Waals surface area contributed by atoms with Crippen molar-refractivity contribution in [3.8, 4) is 0 Å². The summed E-state index contributed by atoms with van der Waals surface area (Å²) in [7, 11) is 0. The normalized spacial score (nSPS) is 12.6. The Morgan fingerprint density at radius 3 is 2.80 bits per heavy atom. The SMILES string of the molecule is CC(NCc1cc[nH]c1)c1ccncc1. The van der Waals surface area contributed by atoms with Crippen molar-refractivity contribution in [2.75, 3.05) is 0 Å². The molecule has 3 nitrogen and oxygen atoms in total. The van der Waals surface area contributed by atoms with Gasteiger partial charge in [0.15, 0.2) is 0 Å². The molecule has 0 radical (unpaired) electrons. The number of pyridine rings is 1. The molecular weight excluding hydrogens is 186 g/mol. The van der Waals surface area contributed by atoms with Crippen LogP contribution >= 0.6 is 0 Å². The van der Waals surface area contributed by atoms with Crippen molar-refractivity contribution in [3.05, 3.63) is 54.1 Å². The first-order valence-corrected chi connectivity index (χ1v) is 5.11. The minimum Gasteiger partial charge on any atom is -0.367 e. The van der Waals surface area contributed by atoms with Crippen LogP contribution in [-0.2, 0) is 6.54 Å². The van der Waals surface area contributed by atoms with E-state index >= 15 is 0 Å². The lowest BCUT2D eigenvalue weighted by Gasteiger charge is -2.12. The molecule has 0 saturated carbocycles. The number of H-pyrrole nitrogens is 1. The van der Waals surface area contributed by atoms with E-state index in [1.807, 2.05) is 36.9 Å². The largest absolute Gasteiger partial charge is 0.367 e. The molecule has 0 aliphatic carbocycles. The molecule has 0 fully saturated rings. The van der Waals surface area contributed by atoms with E-state index in [0.29, 0.717) is 6.04 Å². The zero-order chi connectivity index (χ0) is 10.5. The second-order valence-corrected chi connectivity index (χ2v) is 3.60. The zero-order valence-electron chi connectivity index (χ0n) is 8.77. The fraction of sp³-hybridized carbons (Fsp3) is 0.250. The third-order valence-electron chi connectivity index (χ3n) is 2.48. The van der Waals surface area contributed by atoms with Gasteiger partial charge in [-0.25, -0.2) is 0 Å². The Kier molecular flexibility index (Phi) is 3.15. The van der Waals surface area contributed by atoms with E-state index in [2.05, 4.69) is 28.3 Å². The number of aromatic nitrogens is 2. The van der Waals surface area contributed by atoms with Gasteiger partial charge in [0.25, 0.3) is 0 Å². The van der Waals surface area contributed by atoms with Crippen LogP contribution in [-0.4, -0.2) is 9.97 Å². The van der Waals surface area contributed by atoms with Crippen LogP contribution in [0.15, 0.2) is 43.0 Å². The minimum absolute atomic E-state index is 0.350. The third kappa shape index (κ3) is 2.67. The number of aromatic amines is 1. The molecule has 0 spiro atoms. The van der Waals surface area contributed by atoms with Crippen LogP contribution in [0.1, 0.15) is 24.1 Å². The summed E-state index contributed by atoms with van der Waals surface area (Å²) < 4.78 is 0. The van der Waals surface area contributed by atoms with Gasteiger partial charge in [0.2, 0.25) is 0 Å². The number of hydrogen-bond acceptors (Lipinski definition) is 2. The van der Waals surface area contributed by atoms with E-state index in [4.69, 9.17) is 0 Å². The van der Waals surface area contributed by atoms with Gasteiger partial charge in [-0.1, -0.05) is 0 Å². The maximum atomic E-state index is 4.01. The Labute approximate surface area is 89.6 Å². The summed E-state index contributed by atoms with van der Waals surface area (Å²) in [5.74, 6) is 0. The van der Waals surface area contributed by atoms with Gasteiger partial charge in [-0.3, -0.25) is 4.98 Å². The first-order chi connectivity index (χ1) is 7.36. The van der Waals surface area contributed by atoms with Crippen LogP contribution in [0.5, 0.6) is 0 Å². The molecule has 0 aliphatic heterocycles. The van der Waals surface area contributed by atoms with Crippen molar-refractivity contribution < 1.29 is 0 Å². The quantitative estimate of drug-likeness (QED) is 0.796. The van der Waals surface area contributed by atoms with Gasteiger partial charge < -0.3 is 10.3 Å². The summed E-state index contributed by atoms with van der Waals surface area (Å²) in [5, 5.41) is 3.45. The summed E-state index contributed by atoms with van der Waals surface area (Å²) >= 11 is 0. The van der Waals surface area contributed by atoms with Gasteiger partial charge in [-0.05, 0) is 36.2 Å². The Morgan fingerprint density at radius 2 is 2.13 bits per heavy atom. The zero-order valence-corrected chi connectivity index (χ0v) is 8.77. The van der Waals surface area contributed by atoms with Gasteiger partial charge in [0, 0.05) is 37.4 Å². The first-order valence-electron chi connectivity index (χ1n) is 5.11. The van der Waals surface area contributed by atoms with Crippen molar-refractivity contribution in [2.45, 2.75) is 19.5 Å². The average molecular weight is 201 g/mol. The molecule has 2 aromatic rings. The predicted octanol–water partition coefficient (Wildman–Crippen LogP) is 2.26. The van der Waals surface area contributed by atoms with Crippen molar-refractivity contribution in [1.82, 2.24) is 15.3 Å². The van der Waals surface area contributed by atoms with Crippen LogP contribution < -0.4 is 5.32 Å². The lowest BCUT2D eigenvalue weighted by atomic mass is 10.1. The molecule has 0 saturated heterocycles. The molecule has 78 valence electrons. The van der Waals surface area contributed by atoms with Crippen molar-refractivity contribution in [3.63, 3.8) is 0 Å². The first kappa shape index (κ1) is 9.93. The highest BCUT2D eigenvalue weighted by molar-refractivity contribution is 5.15. The Hall–Kier alpha value is -1.61. The van der Waals surface area contributed by atoms with E-state index < -0.39 is 0 Å². The predicted molar refractivity (Wildman–Crippen MR) is 60.3 cm³/mol. The standard InChI is InChI=1S/C12H15N3/c1-10(12-3-6-13-7-4-12)15-9-11-2-5-14-8-11/h2-8,10,14-15H,9H2,1H3. The van der Waals surface area contributed by atoms with Crippen LogP contribution in [0.25, 0.3) is 0 Å². The molecule has 0 aromatic carbocycles. The fourth-order valence-electron chi connectivity index (χ4n) is 1.51. The Morgan fingerprint density at radius 1 is 1.33 bits per heavy atom. The minimum atomic E-state index is 0.350. The van der Waals surface area contributed by atoms with Gasteiger partial charge in [-0.15, -0.1) is 0 Å². The topological polar surface area (TPSA) is 40.7 Å². The second-order valence-electron chi connectivity index (χ2n) is 3.60. The molecule has 2 aromatic heterocycles. The molecule has 15 heavy (non-hydrogen) atoms. The molecule has 2 rings (SSSR count). The summed E-state index contributed by atoms with van der Waals surface area (Å²) in [6, 6.07) is 6.50. The Balaban J connectivity index is 1.90. The van der Waals surface area contributed by atoms with Crippen molar-refractivity contribution in [2.24, 2.45) is 0 Å². The maximum absolute atomic E-state index is 4.01. The van der Waals surface area contributed by atoms with Gasteiger partial charge in [0.1, 0.15) is 0 Å². The van der Waals surface area contributed by atoms with Crippen LogP contribution in [0.2, 0.25) is 0 Å². The third-order valence-corrected chi connectivity index (χ3v) is 2.48. The molecule has 1 atom stereocenters. The number of nitrogens with zero attached hydrogens (tertiary/aromatic N) is 1. The van der Waals surface area contributed by atoms with Crippen LogP contribution in [0, 0.1) is 0 Å². The molecule has 2 N–H and O–H groups in total. The molecule has 0 aliphatic rings. The molecule has 0 amide bonds. The summed E-state index contributed by atoms with van der Waals surface area (Å²) in [6.45, 7) is 3.04. The van der Waals surface area contributed by atoms with Gasteiger partial charge in [0.05, 0.1) is 0 Å². The molecule has 1 unspecified atom stereocenters. The number of nitrogens with one attached hydrogen (secondary N) is 2. The van der Waals surface area contributed by atoms with Crippen molar-refractivity contribution in [1.29, 1.82) is 0 Å². The van der Waals surface area contributed by atoms with Crippen molar-refractivity contribution >= 4 is 0 Å². The average Bonchev–Trinajstić information content (AvgIpc) is 2.80. The van der Waals surface area contributed by atoms with Crippen LogP contribution in [0.3, 0.4) is 0 Å². The van der Waals surface area contributed by atoms with E-state index in [1.54, 1.807) is 0 Å². The van der Waals surface area contributed by atoms with E-state index in [1.165, 1.54) is 11.1 Å². The number of hydrogen-bond donors (Lipinski definition) is 2.